The normalized spacial score (nSPS) is 11.1. The predicted molar refractivity (Wildman–Crippen MR) is 83.7 cm³/mol. The van der Waals surface area contributed by atoms with Crippen molar-refractivity contribution in [3.05, 3.63) is 72.8 Å². The molecule has 0 unspecified atom stereocenters. The van der Waals surface area contributed by atoms with E-state index >= 15 is 0 Å². The zero-order valence-electron chi connectivity index (χ0n) is 12.4. The average Bonchev–Trinajstić information content (AvgIpc) is 3.01. The summed E-state index contributed by atoms with van der Waals surface area (Å²) in [6, 6.07) is 13.1. The molecule has 123 valence electrons. The molecule has 0 aliphatic rings. The van der Waals surface area contributed by atoms with Gasteiger partial charge in [0.15, 0.2) is 0 Å². The minimum atomic E-state index is -2.22. The first-order valence-electron chi connectivity index (χ1n) is 6.92. The Morgan fingerprint density at radius 1 is 0.913 bits per heavy atom. The van der Waals surface area contributed by atoms with E-state index in [2.05, 4.69) is 16.6 Å². The topological polar surface area (TPSA) is 30.7 Å². The number of hydrogen-bond acceptors (Lipinski definition) is 2. The molecule has 1 aromatic heterocycles. The van der Waals surface area contributed by atoms with Gasteiger partial charge in [-0.3, -0.25) is 4.68 Å². The Kier molecular flexibility index (Phi) is 5.46. The van der Waals surface area contributed by atoms with E-state index < -0.39 is 8.07 Å². The van der Waals surface area contributed by atoms with Crippen LogP contribution in [0.3, 0.4) is 0 Å². The minimum absolute atomic E-state index is 0. The fraction of sp³-hybridized carbons (Fsp3) is 0.125. The van der Waals surface area contributed by atoms with Crippen LogP contribution in [0.5, 0.6) is 0 Å². The summed E-state index contributed by atoms with van der Waals surface area (Å²) in [6.07, 6.45) is 3.81. The van der Waals surface area contributed by atoms with Gasteiger partial charge in [-0.15, -0.1) is 0 Å². The largest absolute Gasteiger partial charge is 0.255 e. The summed E-state index contributed by atoms with van der Waals surface area (Å²) >= 11 is 0. The van der Waals surface area contributed by atoms with Crippen LogP contribution in [-0.2, 0) is 23.2 Å². The van der Waals surface area contributed by atoms with E-state index in [0.717, 1.165) is 10.4 Å². The van der Waals surface area contributed by atoms with Crippen LogP contribution >= 0.6 is 0 Å². The third kappa shape index (κ3) is 3.75. The number of hydrogen-bond donors (Lipinski definition) is 0. The Hall–Kier alpha value is -1.82. The third-order valence-corrected chi connectivity index (χ3v) is 8.08. The number of halogens is 2. The van der Waals surface area contributed by atoms with Crippen molar-refractivity contribution in [3.8, 4) is 0 Å². The van der Waals surface area contributed by atoms with E-state index in [1.165, 1.54) is 30.6 Å². The van der Waals surface area contributed by atoms with Crippen molar-refractivity contribution in [1.82, 2.24) is 14.8 Å². The van der Waals surface area contributed by atoms with Crippen molar-refractivity contribution >= 4 is 18.4 Å². The van der Waals surface area contributed by atoms with Crippen molar-refractivity contribution in [3.63, 3.8) is 0 Å². The second-order valence-electron chi connectivity index (χ2n) is 5.44. The fourth-order valence-corrected chi connectivity index (χ4v) is 5.94. The Balaban J connectivity index is 0.00000192. The molecular formula is C16H15CuF2N3Si. The van der Waals surface area contributed by atoms with Crippen LogP contribution in [0.15, 0.2) is 61.2 Å². The molecule has 0 bridgehead atoms. The molecule has 0 fully saturated rings. The van der Waals surface area contributed by atoms with Gasteiger partial charge >= 0.3 is 0 Å². The summed E-state index contributed by atoms with van der Waals surface area (Å²) in [5.74, 6) is -0.528. The molecule has 1 heterocycles. The summed E-state index contributed by atoms with van der Waals surface area (Å²) in [7, 11) is -2.22. The van der Waals surface area contributed by atoms with Gasteiger partial charge in [0.25, 0.3) is 0 Å². The Morgan fingerprint density at radius 2 is 1.39 bits per heavy atom. The standard InChI is InChI=1S/C16H15F2N3Si.Cu/c1-22(12-21-11-19-10-20-21,15-6-2-13(17)3-7-15)16-8-4-14(18)5-9-16;/h2-11H,12H2,1H3;. The van der Waals surface area contributed by atoms with Gasteiger partial charge in [0.05, 0.1) is 0 Å². The molecule has 23 heavy (non-hydrogen) atoms. The molecular weight excluding hydrogens is 364 g/mol. The van der Waals surface area contributed by atoms with Crippen LogP contribution < -0.4 is 10.4 Å². The quantitative estimate of drug-likeness (QED) is 0.650. The molecule has 3 aromatic rings. The number of aromatic nitrogens is 3. The van der Waals surface area contributed by atoms with Crippen LogP contribution in [0.1, 0.15) is 0 Å². The molecule has 0 saturated carbocycles. The molecule has 2 aromatic carbocycles. The Bertz CT molecular complexity index is 701. The van der Waals surface area contributed by atoms with Crippen LogP contribution in [0.4, 0.5) is 8.78 Å². The van der Waals surface area contributed by atoms with Crippen LogP contribution in [0.2, 0.25) is 6.55 Å². The van der Waals surface area contributed by atoms with E-state index in [1.54, 1.807) is 11.0 Å². The maximum atomic E-state index is 13.2. The van der Waals surface area contributed by atoms with Gasteiger partial charge in [-0.1, -0.05) is 41.2 Å². The van der Waals surface area contributed by atoms with Crippen molar-refractivity contribution in [2.24, 2.45) is 0 Å². The zero-order valence-corrected chi connectivity index (χ0v) is 14.3. The summed E-state index contributed by atoms with van der Waals surface area (Å²) in [5, 5.41) is 6.31. The fourth-order valence-electron chi connectivity index (χ4n) is 2.62. The van der Waals surface area contributed by atoms with Gasteiger partial charge < -0.3 is 0 Å². The second-order valence-corrected chi connectivity index (χ2v) is 9.57. The first-order chi connectivity index (χ1) is 10.6. The second kappa shape index (κ2) is 7.17. The van der Waals surface area contributed by atoms with Gasteiger partial charge in [0, 0.05) is 23.2 Å². The van der Waals surface area contributed by atoms with E-state index in [4.69, 9.17) is 0 Å². The van der Waals surface area contributed by atoms with Gasteiger partial charge in [-0.25, -0.2) is 13.8 Å². The van der Waals surface area contributed by atoms with E-state index in [1.807, 2.05) is 24.3 Å². The molecule has 0 atom stereocenters. The summed E-state index contributed by atoms with van der Waals surface area (Å²) < 4.78 is 28.3. The van der Waals surface area contributed by atoms with E-state index in [9.17, 15) is 8.78 Å². The number of rotatable bonds is 4. The summed E-state index contributed by atoms with van der Waals surface area (Å²) in [6.45, 7) is 2.16. The van der Waals surface area contributed by atoms with Gasteiger partial charge in [0.1, 0.15) is 32.4 Å². The molecule has 0 saturated heterocycles. The third-order valence-electron chi connectivity index (χ3n) is 3.91. The van der Waals surface area contributed by atoms with Gasteiger partial charge in [0.2, 0.25) is 0 Å². The van der Waals surface area contributed by atoms with Crippen molar-refractivity contribution in [2.75, 3.05) is 0 Å². The van der Waals surface area contributed by atoms with Gasteiger partial charge in [-0.2, -0.15) is 5.10 Å². The first-order valence-corrected chi connectivity index (χ1v) is 9.63. The molecule has 0 spiro atoms. The van der Waals surface area contributed by atoms with Crippen LogP contribution in [0, 0.1) is 11.6 Å². The molecule has 7 heteroatoms. The molecule has 0 aliphatic carbocycles. The average molecular weight is 379 g/mol. The number of benzene rings is 2. The van der Waals surface area contributed by atoms with E-state index in [-0.39, 0.29) is 28.7 Å². The molecule has 0 amide bonds. The molecule has 3 nitrogen and oxygen atoms in total. The smallest absolute Gasteiger partial charge is 0.137 e. The van der Waals surface area contributed by atoms with Crippen molar-refractivity contribution in [1.29, 1.82) is 0 Å². The molecule has 0 N–H and O–H groups in total. The van der Waals surface area contributed by atoms with Crippen LogP contribution in [-0.4, -0.2) is 22.8 Å². The SMILES string of the molecule is C[Si](Cn1cncn1)(c1ccc(F)cc1)c1ccc(F)cc1.[Cu]. The monoisotopic (exact) mass is 378 g/mol. The first kappa shape index (κ1) is 17.5. The summed E-state index contributed by atoms with van der Waals surface area (Å²) in [4.78, 5) is 3.98. The maximum Gasteiger partial charge on any atom is 0.137 e. The molecule has 0 aliphatic heterocycles. The van der Waals surface area contributed by atoms with Crippen LogP contribution in [0.25, 0.3) is 0 Å². The van der Waals surface area contributed by atoms with Gasteiger partial charge in [-0.05, 0) is 24.3 Å². The van der Waals surface area contributed by atoms with E-state index in [0.29, 0.717) is 6.17 Å². The Morgan fingerprint density at radius 3 is 1.78 bits per heavy atom. The predicted octanol–water partition coefficient (Wildman–Crippen LogP) is 1.99. The van der Waals surface area contributed by atoms with Crippen molar-refractivity contribution < 1.29 is 25.8 Å². The maximum absolute atomic E-state index is 13.2. The summed E-state index contributed by atoms with van der Waals surface area (Å²) in [5.41, 5.74) is 0. The zero-order chi connectivity index (χ0) is 15.6. The number of nitrogens with zero attached hydrogens (tertiary/aromatic N) is 3. The minimum Gasteiger partial charge on any atom is -0.255 e. The Labute approximate surface area is 144 Å². The molecule has 1 radical (unpaired) electrons. The van der Waals surface area contributed by atoms with Crippen molar-refractivity contribution in [2.45, 2.75) is 12.7 Å². The molecule has 3 rings (SSSR count).